The molecule has 0 saturated carbocycles. The Morgan fingerprint density at radius 2 is 2.56 bits per heavy atom. The van der Waals surface area contributed by atoms with Gasteiger partial charge >= 0.3 is 0 Å². The molecule has 0 aliphatic carbocycles. The number of aromatic nitrogens is 2. The van der Waals surface area contributed by atoms with Crippen molar-refractivity contribution in [3.8, 4) is 0 Å². The average Bonchev–Trinajstić information content (AvgIpc) is 2.33. The zero-order valence-electron chi connectivity index (χ0n) is 4.78. The van der Waals surface area contributed by atoms with E-state index in [2.05, 4.69) is 11.2 Å². The summed E-state index contributed by atoms with van der Waals surface area (Å²) < 4.78 is 1.78. The maximum absolute atomic E-state index is 4.03. The van der Waals surface area contributed by atoms with Crippen molar-refractivity contribution in [3.05, 3.63) is 36.7 Å². The smallest absolute Gasteiger partial charge is 0.0725 e. The third-order valence-corrected chi connectivity index (χ3v) is 1.23. The van der Waals surface area contributed by atoms with Crippen molar-refractivity contribution in [3.63, 3.8) is 0 Å². The Hall–Kier alpha value is -1.31. The first-order valence-corrected chi connectivity index (χ1v) is 2.77. The molecule has 0 aliphatic heterocycles. The van der Waals surface area contributed by atoms with E-state index in [0.29, 0.717) is 0 Å². The van der Waals surface area contributed by atoms with Crippen LogP contribution < -0.4 is 0 Å². The lowest BCUT2D eigenvalue weighted by atomic mass is 10.5. The number of rotatable bonds is 0. The summed E-state index contributed by atoms with van der Waals surface area (Å²) in [6, 6.07) is 8.73. The molecule has 0 spiro atoms. The second-order valence-corrected chi connectivity index (χ2v) is 1.81. The van der Waals surface area contributed by atoms with E-state index < -0.39 is 0 Å². The summed E-state index contributed by atoms with van der Waals surface area (Å²) in [5.74, 6) is 0. The Kier molecular flexibility index (Phi) is 0.803. The van der Waals surface area contributed by atoms with Gasteiger partial charge in [0.25, 0.3) is 0 Å². The summed E-state index contributed by atoms with van der Waals surface area (Å²) in [5, 5.41) is 4.03. The number of fused-ring (bicyclic) bond motifs is 1. The zero-order valence-corrected chi connectivity index (χ0v) is 4.78. The van der Waals surface area contributed by atoms with Crippen LogP contribution in [0.5, 0.6) is 0 Å². The molecule has 2 rings (SSSR count). The van der Waals surface area contributed by atoms with Crippen LogP contribution in [0.4, 0.5) is 0 Å². The minimum absolute atomic E-state index is 1.01. The van der Waals surface area contributed by atoms with E-state index in [1.54, 1.807) is 10.7 Å². The van der Waals surface area contributed by atoms with Gasteiger partial charge in [-0.3, -0.25) is 0 Å². The van der Waals surface area contributed by atoms with E-state index in [0.717, 1.165) is 5.52 Å². The minimum Gasteiger partial charge on any atom is -0.240 e. The van der Waals surface area contributed by atoms with E-state index in [9.17, 15) is 0 Å². The second-order valence-electron chi connectivity index (χ2n) is 1.81. The van der Waals surface area contributed by atoms with Crippen LogP contribution in [0.2, 0.25) is 0 Å². The maximum atomic E-state index is 4.03. The summed E-state index contributed by atoms with van der Waals surface area (Å²) in [4.78, 5) is 0. The molecule has 1 radical (unpaired) electrons. The molecule has 0 aliphatic rings. The Balaban J connectivity index is 2.95. The van der Waals surface area contributed by atoms with Crippen LogP contribution in [-0.2, 0) is 0 Å². The minimum atomic E-state index is 1.01. The molecule has 0 aromatic carbocycles. The Morgan fingerprint density at radius 1 is 1.56 bits per heavy atom. The number of hydrogen-bond acceptors (Lipinski definition) is 1. The highest BCUT2D eigenvalue weighted by Gasteiger charge is 1.86. The second kappa shape index (κ2) is 1.58. The first-order chi connectivity index (χ1) is 4.47. The van der Waals surface area contributed by atoms with Crippen LogP contribution in [0.25, 0.3) is 5.52 Å². The van der Waals surface area contributed by atoms with Crippen molar-refractivity contribution < 1.29 is 0 Å². The molecular weight excluding hydrogens is 112 g/mol. The summed E-state index contributed by atoms with van der Waals surface area (Å²) in [5.41, 5.74) is 1.01. The highest BCUT2D eigenvalue weighted by molar-refractivity contribution is 5.43. The van der Waals surface area contributed by atoms with Crippen molar-refractivity contribution >= 4 is 5.52 Å². The molecule has 0 unspecified atom stereocenters. The van der Waals surface area contributed by atoms with E-state index in [1.807, 2.05) is 24.4 Å². The molecule has 2 heterocycles. The fourth-order valence-electron chi connectivity index (χ4n) is 0.809. The zero-order chi connectivity index (χ0) is 6.10. The van der Waals surface area contributed by atoms with Crippen molar-refractivity contribution in [2.45, 2.75) is 0 Å². The van der Waals surface area contributed by atoms with Gasteiger partial charge in [-0.2, -0.15) is 5.10 Å². The molecule has 2 aromatic heterocycles. The third kappa shape index (κ3) is 0.598. The first-order valence-electron chi connectivity index (χ1n) is 2.77. The van der Waals surface area contributed by atoms with E-state index >= 15 is 0 Å². The Morgan fingerprint density at radius 3 is 3.44 bits per heavy atom. The van der Waals surface area contributed by atoms with Gasteiger partial charge in [-0.15, -0.1) is 0 Å². The van der Waals surface area contributed by atoms with Gasteiger partial charge in [-0.1, -0.05) is 0 Å². The van der Waals surface area contributed by atoms with Gasteiger partial charge < -0.3 is 0 Å². The topological polar surface area (TPSA) is 17.3 Å². The van der Waals surface area contributed by atoms with E-state index in [4.69, 9.17) is 0 Å². The van der Waals surface area contributed by atoms with Gasteiger partial charge in [0.15, 0.2) is 0 Å². The van der Waals surface area contributed by atoms with Crippen molar-refractivity contribution in [2.24, 2.45) is 0 Å². The summed E-state index contributed by atoms with van der Waals surface area (Å²) in [7, 11) is 0. The fraction of sp³-hybridized carbons (Fsp3) is 0. The molecule has 2 nitrogen and oxygen atoms in total. The summed E-state index contributed by atoms with van der Waals surface area (Å²) >= 11 is 0. The molecule has 43 valence electrons. The summed E-state index contributed by atoms with van der Waals surface area (Å²) in [6.07, 6.45) is 3.62. The van der Waals surface area contributed by atoms with Crippen molar-refractivity contribution in [2.75, 3.05) is 0 Å². The molecule has 0 bridgehead atoms. The van der Waals surface area contributed by atoms with Crippen LogP contribution in [0.15, 0.2) is 30.6 Å². The average molecular weight is 117 g/mol. The molecule has 9 heavy (non-hydrogen) atoms. The van der Waals surface area contributed by atoms with Crippen LogP contribution >= 0.6 is 0 Å². The lowest BCUT2D eigenvalue weighted by Gasteiger charge is -1.87. The standard InChI is InChI=1S/C7H5N2/c1-3-7-4-2-6-9(7)8-5-1/h1-3,5-6H. The molecule has 2 aromatic rings. The molecule has 0 N–H and O–H groups in total. The number of hydrogen-bond donors (Lipinski definition) is 0. The van der Waals surface area contributed by atoms with Crippen molar-refractivity contribution in [1.29, 1.82) is 0 Å². The monoisotopic (exact) mass is 117 g/mol. The highest BCUT2D eigenvalue weighted by Crippen LogP contribution is 1.97. The first kappa shape index (κ1) is 4.56. The van der Waals surface area contributed by atoms with Crippen LogP contribution in [0, 0.1) is 6.07 Å². The Labute approximate surface area is 52.7 Å². The lowest BCUT2D eigenvalue weighted by molar-refractivity contribution is 0.941. The predicted octanol–water partition coefficient (Wildman–Crippen LogP) is 1.13. The highest BCUT2D eigenvalue weighted by atomic mass is 15.2. The summed E-state index contributed by atoms with van der Waals surface area (Å²) in [6.45, 7) is 0. The lowest BCUT2D eigenvalue weighted by Crippen LogP contribution is -1.84. The fourth-order valence-corrected chi connectivity index (χ4v) is 0.809. The largest absolute Gasteiger partial charge is 0.240 e. The van der Waals surface area contributed by atoms with Gasteiger partial charge in [0.1, 0.15) is 0 Å². The van der Waals surface area contributed by atoms with Crippen LogP contribution in [0.1, 0.15) is 0 Å². The molecule has 0 saturated heterocycles. The van der Waals surface area contributed by atoms with Crippen LogP contribution in [0.3, 0.4) is 0 Å². The Bertz CT molecular complexity index is 281. The number of nitrogens with zero attached hydrogens (tertiary/aromatic N) is 2. The SMILES string of the molecule is [c]1ccn2ncccc12. The van der Waals surface area contributed by atoms with Gasteiger partial charge in [0, 0.05) is 18.5 Å². The maximum Gasteiger partial charge on any atom is 0.0725 e. The normalized spacial score (nSPS) is 10.2. The quantitative estimate of drug-likeness (QED) is 0.505. The van der Waals surface area contributed by atoms with Gasteiger partial charge in [-0.25, -0.2) is 4.52 Å². The van der Waals surface area contributed by atoms with E-state index in [1.165, 1.54) is 0 Å². The van der Waals surface area contributed by atoms with Crippen molar-refractivity contribution in [1.82, 2.24) is 9.61 Å². The molecular formula is C7H5N2. The van der Waals surface area contributed by atoms with Gasteiger partial charge in [0.05, 0.1) is 5.52 Å². The van der Waals surface area contributed by atoms with Gasteiger partial charge in [0.2, 0.25) is 0 Å². The molecule has 0 atom stereocenters. The van der Waals surface area contributed by atoms with E-state index in [-0.39, 0.29) is 0 Å². The van der Waals surface area contributed by atoms with Gasteiger partial charge in [-0.05, 0) is 18.2 Å². The predicted molar refractivity (Wildman–Crippen MR) is 34.0 cm³/mol. The third-order valence-electron chi connectivity index (χ3n) is 1.23. The molecule has 2 heteroatoms. The van der Waals surface area contributed by atoms with Crippen LogP contribution in [-0.4, -0.2) is 9.61 Å². The molecule has 0 amide bonds. The molecule has 0 fully saturated rings.